The molecule has 0 saturated carbocycles. The normalized spacial score (nSPS) is 21.9. The smallest absolute Gasteiger partial charge is 0.0815 e. The van der Waals surface area contributed by atoms with Crippen molar-refractivity contribution >= 4 is 0 Å². The summed E-state index contributed by atoms with van der Waals surface area (Å²) in [5, 5.41) is 0. The summed E-state index contributed by atoms with van der Waals surface area (Å²) in [7, 11) is 0. The summed E-state index contributed by atoms with van der Waals surface area (Å²) in [5.41, 5.74) is 0.509. The lowest BCUT2D eigenvalue weighted by Crippen LogP contribution is -2.14. The maximum atomic E-state index is 5.27. The highest BCUT2D eigenvalue weighted by Crippen LogP contribution is 2.33. The van der Waals surface area contributed by atoms with E-state index in [0.29, 0.717) is 11.5 Å². The van der Waals surface area contributed by atoms with Crippen LogP contribution in [0.3, 0.4) is 0 Å². The van der Waals surface area contributed by atoms with Crippen LogP contribution in [0.15, 0.2) is 0 Å². The highest BCUT2D eigenvalue weighted by Gasteiger charge is 2.30. The van der Waals surface area contributed by atoms with Gasteiger partial charge in [0.1, 0.15) is 0 Å². The van der Waals surface area contributed by atoms with E-state index in [-0.39, 0.29) is 0 Å². The largest absolute Gasteiger partial charge is 0.373 e. The Kier molecular flexibility index (Phi) is 4.24. The Morgan fingerprint density at radius 3 is 2.46 bits per heavy atom. The maximum Gasteiger partial charge on any atom is 0.0815 e. The third kappa shape index (κ3) is 5.30. The van der Waals surface area contributed by atoms with E-state index in [0.717, 1.165) is 6.61 Å². The molecule has 1 atom stereocenters. The van der Waals surface area contributed by atoms with Crippen LogP contribution in [0, 0.1) is 5.41 Å². The summed E-state index contributed by atoms with van der Waals surface area (Å²) in [5.74, 6) is 0. The first-order valence-electron chi connectivity index (χ1n) is 5.76. The minimum atomic E-state index is 0.509. The zero-order valence-corrected chi connectivity index (χ0v) is 9.44. The van der Waals surface area contributed by atoms with E-state index < -0.39 is 0 Å². The van der Waals surface area contributed by atoms with Gasteiger partial charge in [-0.25, -0.2) is 0 Å². The molecule has 1 unspecified atom stereocenters. The van der Waals surface area contributed by atoms with Crippen molar-refractivity contribution in [3.8, 4) is 0 Å². The molecule has 1 aliphatic rings. The van der Waals surface area contributed by atoms with Crippen LogP contribution < -0.4 is 0 Å². The molecular weight excluding hydrogens is 160 g/mol. The molecule has 0 aliphatic carbocycles. The van der Waals surface area contributed by atoms with Gasteiger partial charge in [-0.1, -0.05) is 46.5 Å². The molecule has 0 aromatic carbocycles. The predicted octanol–water partition coefficient (Wildman–Crippen LogP) is 3.77. The number of hydrogen-bond donors (Lipinski definition) is 0. The van der Waals surface area contributed by atoms with Crippen molar-refractivity contribution in [1.29, 1.82) is 0 Å². The second-order valence-corrected chi connectivity index (χ2v) is 5.13. The van der Waals surface area contributed by atoms with Crippen LogP contribution in [0.5, 0.6) is 0 Å². The molecule has 13 heavy (non-hydrogen) atoms. The van der Waals surface area contributed by atoms with Gasteiger partial charge in [-0.15, -0.1) is 0 Å². The summed E-state index contributed by atoms with van der Waals surface area (Å²) in [4.78, 5) is 0. The van der Waals surface area contributed by atoms with Crippen molar-refractivity contribution < 1.29 is 4.74 Å². The van der Waals surface area contributed by atoms with Gasteiger partial charge in [-0.05, 0) is 18.3 Å². The molecule has 78 valence electrons. The monoisotopic (exact) mass is 184 g/mol. The summed E-state index contributed by atoms with van der Waals surface area (Å²) in [6, 6.07) is 0. The van der Waals surface area contributed by atoms with Gasteiger partial charge in [-0.3, -0.25) is 0 Å². The van der Waals surface area contributed by atoms with Crippen molar-refractivity contribution in [2.45, 2.75) is 65.4 Å². The highest BCUT2D eigenvalue weighted by atomic mass is 16.6. The molecular formula is C12H24O. The minimum absolute atomic E-state index is 0.509. The standard InChI is InChI=1S/C12H24O/c1-4-5-6-7-8-12(2,3)9-11-10-13-11/h11H,4-10H2,1-3H3. The van der Waals surface area contributed by atoms with Gasteiger partial charge in [0.15, 0.2) is 0 Å². The lowest BCUT2D eigenvalue weighted by Gasteiger charge is -2.23. The van der Waals surface area contributed by atoms with Crippen molar-refractivity contribution in [1.82, 2.24) is 0 Å². The second-order valence-electron chi connectivity index (χ2n) is 5.13. The molecule has 1 rings (SSSR count). The van der Waals surface area contributed by atoms with Crippen LogP contribution in [0.2, 0.25) is 0 Å². The second kappa shape index (κ2) is 4.99. The highest BCUT2D eigenvalue weighted by molar-refractivity contribution is 4.79. The summed E-state index contributed by atoms with van der Waals surface area (Å²) in [6.07, 6.45) is 8.77. The molecule has 1 heteroatoms. The molecule has 0 spiro atoms. The molecule has 0 radical (unpaired) electrons. The third-order valence-corrected chi connectivity index (χ3v) is 2.89. The first-order valence-corrected chi connectivity index (χ1v) is 5.76. The Hall–Kier alpha value is -0.0400. The minimum Gasteiger partial charge on any atom is -0.373 e. The SMILES string of the molecule is CCCCCCC(C)(C)CC1CO1. The maximum absolute atomic E-state index is 5.27. The van der Waals surface area contributed by atoms with Crippen molar-refractivity contribution in [2.75, 3.05) is 6.61 Å². The van der Waals surface area contributed by atoms with E-state index in [9.17, 15) is 0 Å². The van der Waals surface area contributed by atoms with Crippen LogP contribution >= 0.6 is 0 Å². The molecule has 1 fully saturated rings. The number of rotatable bonds is 7. The summed E-state index contributed by atoms with van der Waals surface area (Å²) < 4.78 is 5.27. The van der Waals surface area contributed by atoms with Gasteiger partial charge < -0.3 is 4.74 Å². The van der Waals surface area contributed by atoms with E-state index in [2.05, 4.69) is 20.8 Å². The quantitative estimate of drug-likeness (QED) is 0.433. The Morgan fingerprint density at radius 2 is 1.92 bits per heavy atom. The first-order chi connectivity index (χ1) is 6.14. The zero-order valence-electron chi connectivity index (χ0n) is 9.44. The molecule has 0 aromatic rings. The van der Waals surface area contributed by atoms with Crippen LogP contribution in [0.1, 0.15) is 59.3 Å². The fraction of sp³-hybridized carbons (Fsp3) is 1.00. The molecule has 0 N–H and O–H groups in total. The van der Waals surface area contributed by atoms with Crippen molar-refractivity contribution in [3.05, 3.63) is 0 Å². The number of hydrogen-bond acceptors (Lipinski definition) is 1. The molecule has 1 nitrogen and oxygen atoms in total. The Bertz CT molecular complexity index is 136. The zero-order chi connectivity index (χ0) is 9.73. The lowest BCUT2D eigenvalue weighted by atomic mass is 9.82. The van der Waals surface area contributed by atoms with E-state index in [1.807, 2.05) is 0 Å². The van der Waals surface area contributed by atoms with E-state index >= 15 is 0 Å². The van der Waals surface area contributed by atoms with Gasteiger partial charge in [0.25, 0.3) is 0 Å². The molecule has 0 amide bonds. The van der Waals surface area contributed by atoms with E-state index in [4.69, 9.17) is 4.74 Å². The summed E-state index contributed by atoms with van der Waals surface area (Å²) >= 11 is 0. The number of unbranched alkanes of at least 4 members (excludes halogenated alkanes) is 3. The van der Waals surface area contributed by atoms with Gasteiger partial charge in [-0.2, -0.15) is 0 Å². The summed E-state index contributed by atoms with van der Waals surface area (Å²) in [6.45, 7) is 8.03. The Labute approximate surface area is 82.9 Å². The third-order valence-electron chi connectivity index (χ3n) is 2.89. The molecule has 0 aromatic heterocycles. The van der Waals surface area contributed by atoms with Gasteiger partial charge in [0, 0.05) is 0 Å². The average Bonchev–Trinajstić information content (AvgIpc) is 2.81. The number of epoxide rings is 1. The Balaban J connectivity index is 2.02. The first kappa shape index (κ1) is 11.0. The van der Waals surface area contributed by atoms with Gasteiger partial charge in [0.2, 0.25) is 0 Å². The molecule has 0 bridgehead atoms. The molecule has 1 heterocycles. The van der Waals surface area contributed by atoms with Crippen LogP contribution in [-0.2, 0) is 4.74 Å². The lowest BCUT2D eigenvalue weighted by molar-refractivity contribution is 0.252. The molecule has 1 aliphatic heterocycles. The van der Waals surface area contributed by atoms with Crippen LogP contribution in [0.4, 0.5) is 0 Å². The fourth-order valence-corrected chi connectivity index (χ4v) is 1.93. The average molecular weight is 184 g/mol. The van der Waals surface area contributed by atoms with Gasteiger partial charge in [0.05, 0.1) is 12.7 Å². The van der Waals surface area contributed by atoms with E-state index in [1.165, 1.54) is 38.5 Å². The fourth-order valence-electron chi connectivity index (χ4n) is 1.93. The van der Waals surface area contributed by atoms with Crippen molar-refractivity contribution in [3.63, 3.8) is 0 Å². The topological polar surface area (TPSA) is 12.5 Å². The van der Waals surface area contributed by atoms with E-state index in [1.54, 1.807) is 0 Å². The van der Waals surface area contributed by atoms with Crippen molar-refractivity contribution in [2.24, 2.45) is 5.41 Å². The van der Waals surface area contributed by atoms with Crippen LogP contribution in [-0.4, -0.2) is 12.7 Å². The number of ether oxygens (including phenoxy) is 1. The van der Waals surface area contributed by atoms with Gasteiger partial charge >= 0.3 is 0 Å². The predicted molar refractivity (Wildman–Crippen MR) is 56.9 cm³/mol. The Morgan fingerprint density at radius 1 is 1.23 bits per heavy atom. The van der Waals surface area contributed by atoms with Crippen LogP contribution in [0.25, 0.3) is 0 Å². The molecule has 1 saturated heterocycles.